The maximum atomic E-state index is 13.2. The second kappa shape index (κ2) is 8.54. The predicted molar refractivity (Wildman–Crippen MR) is 118 cm³/mol. The number of hydrogen-bond donors (Lipinski definition) is 3. The third-order valence-corrected chi connectivity index (χ3v) is 9.05. The molecule has 1 aliphatic heterocycles. The molecule has 0 aliphatic carbocycles. The van der Waals surface area contributed by atoms with Crippen LogP contribution < -0.4 is 5.32 Å². The van der Waals surface area contributed by atoms with Crippen molar-refractivity contribution in [3.63, 3.8) is 0 Å². The average Bonchev–Trinajstić information content (AvgIpc) is 2.92. The van der Waals surface area contributed by atoms with Gasteiger partial charge in [0.1, 0.15) is 4.75 Å². The zero-order chi connectivity index (χ0) is 23.8. The van der Waals surface area contributed by atoms with E-state index in [1.807, 2.05) is 13.0 Å². The summed E-state index contributed by atoms with van der Waals surface area (Å²) in [5.74, 6) is -3.88. The van der Waals surface area contributed by atoms with Crippen molar-refractivity contribution >= 4 is 29.6 Å². The fraction of sp³-hybridized carbons (Fsp3) is 0.565. The summed E-state index contributed by atoms with van der Waals surface area (Å²) < 4.78 is -1.39. The molecule has 31 heavy (non-hydrogen) atoms. The lowest BCUT2D eigenvalue weighted by Crippen LogP contribution is -2.54. The molecule has 1 aliphatic rings. The van der Waals surface area contributed by atoms with Gasteiger partial charge >= 0.3 is 11.9 Å². The number of rotatable bonds is 6. The van der Waals surface area contributed by atoms with Crippen molar-refractivity contribution in [1.82, 2.24) is 5.32 Å². The summed E-state index contributed by atoms with van der Waals surface area (Å²) in [5, 5.41) is 31.2. The second-order valence-electron chi connectivity index (χ2n) is 9.30. The summed E-state index contributed by atoms with van der Waals surface area (Å²) in [6.45, 7) is 10.3. The van der Waals surface area contributed by atoms with Crippen LogP contribution in [0, 0.1) is 28.1 Å². The van der Waals surface area contributed by atoms with E-state index in [0.717, 1.165) is 11.8 Å². The predicted octanol–water partition coefficient (Wildman–Crippen LogP) is 3.84. The maximum absolute atomic E-state index is 13.2. The quantitative estimate of drug-likeness (QED) is 0.606. The lowest BCUT2D eigenvalue weighted by Gasteiger charge is -2.42. The second-order valence-corrected chi connectivity index (χ2v) is 10.7. The molecule has 1 heterocycles. The summed E-state index contributed by atoms with van der Waals surface area (Å²) in [4.78, 5) is 38.0. The first kappa shape index (κ1) is 24.7. The van der Waals surface area contributed by atoms with Crippen molar-refractivity contribution < 1.29 is 24.6 Å². The van der Waals surface area contributed by atoms with Crippen LogP contribution in [0.3, 0.4) is 0 Å². The van der Waals surface area contributed by atoms with E-state index in [1.54, 1.807) is 52.0 Å². The van der Waals surface area contributed by atoms with Gasteiger partial charge in [0.2, 0.25) is 5.91 Å². The summed E-state index contributed by atoms with van der Waals surface area (Å²) in [6.07, 6.45) is 0.470. The molecular weight excluding hydrogens is 416 g/mol. The Labute approximate surface area is 187 Å². The number of thioether (sulfide) groups is 1. The lowest BCUT2D eigenvalue weighted by molar-refractivity contribution is -0.155. The summed E-state index contributed by atoms with van der Waals surface area (Å²) in [5.41, 5.74) is -1.04. The highest BCUT2D eigenvalue weighted by Crippen LogP contribution is 2.63. The molecule has 168 valence electrons. The Morgan fingerprint density at radius 3 is 2.13 bits per heavy atom. The normalized spacial score (nSPS) is 29.1. The Hall–Kier alpha value is -2.53. The number of carbonyl (C=O) groups is 3. The Morgan fingerprint density at radius 2 is 1.74 bits per heavy atom. The molecule has 1 aromatic carbocycles. The van der Waals surface area contributed by atoms with Crippen LogP contribution in [0.5, 0.6) is 0 Å². The molecule has 5 unspecified atom stereocenters. The van der Waals surface area contributed by atoms with Crippen LogP contribution in [0.15, 0.2) is 24.3 Å². The van der Waals surface area contributed by atoms with Crippen molar-refractivity contribution in [3.05, 3.63) is 35.4 Å². The van der Waals surface area contributed by atoms with Gasteiger partial charge in [-0.2, -0.15) is 5.26 Å². The van der Waals surface area contributed by atoms with Gasteiger partial charge in [0, 0.05) is 5.92 Å². The van der Waals surface area contributed by atoms with Gasteiger partial charge in [-0.05, 0) is 36.5 Å². The monoisotopic (exact) mass is 446 g/mol. The van der Waals surface area contributed by atoms with E-state index >= 15 is 0 Å². The largest absolute Gasteiger partial charge is 0.481 e. The highest BCUT2D eigenvalue weighted by molar-refractivity contribution is 8.02. The van der Waals surface area contributed by atoms with E-state index in [9.17, 15) is 24.6 Å². The minimum atomic E-state index is -1.48. The van der Waals surface area contributed by atoms with Crippen LogP contribution >= 0.6 is 11.8 Å². The molecule has 5 atom stereocenters. The molecule has 3 N–H and O–H groups in total. The fourth-order valence-electron chi connectivity index (χ4n) is 4.51. The Morgan fingerprint density at radius 1 is 1.19 bits per heavy atom. The fourth-order valence-corrected chi connectivity index (χ4v) is 6.51. The zero-order valence-corrected chi connectivity index (χ0v) is 19.5. The number of nitriles is 1. The van der Waals surface area contributed by atoms with Gasteiger partial charge in [-0.1, -0.05) is 46.8 Å². The summed E-state index contributed by atoms with van der Waals surface area (Å²) in [6, 6.07) is 8.73. The van der Waals surface area contributed by atoms with Crippen LogP contribution in [-0.2, 0) is 14.4 Å². The van der Waals surface area contributed by atoms with E-state index in [1.165, 1.54) is 6.92 Å². The number of benzene rings is 1. The molecule has 0 spiro atoms. The van der Waals surface area contributed by atoms with Gasteiger partial charge in [-0.3, -0.25) is 14.4 Å². The van der Waals surface area contributed by atoms with Crippen molar-refractivity contribution in [2.24, 2.45) is 16.7 Å². The van der Waals surface area contributed by atoms with Crippen molar-refractivity contribution in [2.45, 2.75) is 64.0 Å². The minimum absolute atomic E-state index is 0.362. The van der Waals surface area contributed by atoms with Crippen LogP contribution in [-0.4, -0.2) is 38.2 Å². The molecule has 0 radical (unpaired) electrons. The third-order valence-electron chi connectivity index (χ3n) is 6.69. The molecule has 8 heteroatoms. The minimum Gasteiger partial charge on any atom is -0.481 e. The van der Waals surface area contributed by atoms with Gasteiger partial charge in [-0.15, -0.1) is 11.8 Å². The van der Waals surface area contributed by atoms with Crippen LogP contribution in [0.1, 0.15) is 65.0 Å². The number of carboxylic acids is 2. The summed E-state index contributed by atoms with van der Waals surface area (Å²) in [7, 11) is 0. The molecule has 1 saturated heterocycles. The van der Waals surface area contributed by atoms with E-state index in [0.29, 0.717) is 17.5 Å². The molecule has 2 rings (SSSR count). The molecule has 1 fully saturated rings. The van der Waals surface area contributed by atoms with Crippen molar-refractivity contribution in [2.75, 3.05) is 0 Å². The van der Waals surface area contributed by atoms with Crippen LogP contribution in [0.4, 0.5) is 0 Å². The zero-order valence-electron chi connectivity index (χ0n) is 18.7. The Balaban J connectivity index is 2.45. The highest BCUT2D eigenvalue weighted by atomic mass is 32.2. The first-order valence-electron chi connectivity index (χ1n) is 10.2. The molecule has 0 saturated carbocycles. The third kappa shape index (κ3) is 3.91. The Kier molecular flexibility index (Phi) is 6.82. The first-order chi connectivity index (χ1) is 14.3. The molecule has 0 bridgehead atoms. The molecule has 1 aromatic rings. The maximum Gasteiger partial charge on any atom is 0.320 e. The van der Waals surface area contributed by atoms with Crippen molar-refractivity contribution in [3.8, 4) is 6.07 Å². The number of amides is 1. The smallest absolute Gasteiger partial charge is 0.320 e. The average molecular weight is 447 g/mol. The topological polar surface area (TPSA) is 127 Å². The number of hydrogen-bond acceptors (Lipinski definition) is 5. The molecule has 7 nitrogen and oxygen atoms in total. The Bertz CT molecular complexity index is 917. The van der Waals surface area contributed by atoms with E-state index in [2.05, 4.69) is 5.32 Å². The number of carbonyl (C=O) groups excluding carboxylic acids is 1. The molecule has 1 amide bonds. The van der Waals surface area contributed by atoms with Crippen molar-refractivity contribution in [1.29, 1.82) is 5.26 Å². The van der Waals surface area contributed by atoms with E-state index in [4.69, 9.17) is 5.26 Å². The highest BCUT2D eigenvalue weighted by Gasteiger charge is 2.70. The summed E-state index contributed by atoms with van der Waals surface area (Å²) >= 11 is 1.02. The van der Waals surface area contributed by atoms with Crippen LogP contribution in [0.2, 0.25) is 0 Å². The van der Waals surface area contributed by atoms with Gasteiger partial charge in [-0.25, -0.2) is 0 Å². The van der Waals surface area contributed by atoms with Crippen LogP contribution in [0.25, 0.3) is 0 Å². The van der Waals surface area contributed by atoms with Gasteiger partial charge < -0.3 is 15.5 Å². The standard InChI is InChI=1S/C23H30N2O5S/c1-7-16(15-10-8-14(12-24)9-11-15)17(26)25-18-22(6,19(27)28)13(2)23(31-18,20(29)30)21(3,4)5/h8-11,13,16,18H,7H2,1-6H3,(H,25,26)(H,27,28)(H,29,30). The number of nitrogens with one attached hydrogen (secondary N) is 1. The van der Waals surface area contributed by atoms with E-state index < -0.39 is 44.7 Å². The molecule has 0 aromatic heterocycles. The number of carboxylic acid groups (broad SMARTS) is 2. The SMILES string of the molecule is CCC(C(=O)NC1SC(C(=O)O)(C(C)(C)C)C(C)C1(C)C(=O)O)c1ccc(C#N)cc1. The van der Waals surface area contributed by atoms with E-state index in [-0.39, 0.29) is 5.91 Å². The van der Waals surface area contributed by atoms with Gasteiger partial charge in [0.15, 0.2) is 0 Å². The number of nitrogens with zero attached hydrogens (tertiary/aromatic N) is 1. The lowest BCUT2D eigenvalue weighted by atomic mass is 9.63. The number of aliphatic carboxylic acids is 2. The van der Waals surface area contributed by atoms with Gasteiger partial charge in [0.25, 0.3) is 0 Å². The van der Waals surface area contributed by atoms with Gasteiger partial charge in [0.05, 0.1) is 28.3 Å². The molecular formula is C23H30N2O5S. The first-order valence-corrected chi connectivity index (χ1v) is 11.1.